The number of aromatic nitrogens is 1. The third-order valence-electron chi connectivity index (χ3n) is 4.24. The van der Waals surface area contributed by atoms with E-state index in [2.05, 4.69) is 15.0 Å². The van der Waals surface area contributed by atoms with E-state index >= 15 is 0 Å². The number of hydrogen-bond acceptors (Lipinski definition) is 4. The van der Waals surface area contributed by atoms with Crippen molar-refractivity contribution in [3.63, 3.8) is 0 Å². The van der Waals surface area contributed by atoms with E-state index in [0.29, 0.717) is 16.8 Å². The summed E-state index contributed by atoms with van der Waals surface area (Å²) in [6.45, 7) is 3.76. The fraction of sp³-hybridized carbons (Fsp3) is 0.143. The van der Waals surface area contributed by atoms with E-state index in [1.54, 1.807) is 67.8 Å². The van der Waals surface area contributed by atoms with Crippen LogP contribution in [-0.4, -0.2) is 19.3 Å². The van der Waals surface area contributed by atoms with E-state index in [0.717, 1.165) is 11.1 Å². The van der Waals surface area contributed by atoms with Crippen molar-refractivity contribution in [2.75, 3.05) is 5.32 Å². The number of benzene rings is 2. The summed E-state index contributed by atoms with van der Waals surface area (Å²) in [5.41, 5.74) is 3.42. The summed E-state index contributed by atoms with van der Waals surface area (Å²) in [7, 11) is -3.62. The molecule has 0 aliphatic rings. The van der Waals surface area contributed by atoms with Gasteiger partial charge in [-0.05, 0) is 60.9 Å². The first-order chi connectivity index (χ1) is 13.3. The smallest absolute Gasteiger partial charge is 0.255 e. The van der Waals surface area contributed by atoms with E-state index in [1.165, 1.54) is 0 Å². The molecule has 0 fully saturated rings. The number of anilines is 1. The second-order valence-electron chi connectivity index (χ2n) is 6.49. The molecule has 6 nitrogen and oxygen atoms in total. The predicted molar refractivity (Wildman–Crippen MR) is 109 cm³/mol. The Labute approximate surface area is 164 Å². The minimum Gasteiger partial charge on any atom is -0.321 e. The summed E-state index contributed by atoms with van der Waals surface area (Å²) in [6, 6.07) is 15.6. The number of carbonyl (C=O) groups excluding carboxylic acids is 1. The van der Waals surface area contributed by atoms with Gasteiger partial charge in [0.2, 0.25) is 10.0 Å². The number of hydrogen-bond donors (Lipinski definition) is 2. The highest BCUT2D eigenvalue weighted by Gasteiger charge is 2.16. The summed E-state index contributed by atoms with van der Waals surface area (Å²) in [4.78, 5) is 16.5. The lowest BCUT2D eigenvalue weighted by Gasteiger charge is -2.11. The molecule has 0 radical (unpaired) electrons. The zero-order valence-corrected chi connectivity index (χ0v) is 16.5. The van der Waals surface area contributed by atoms with E-state index in [4.69, 9.17) is 0 Å². The van der Waals surface area contributed by atoms with Crippen LogP contribution in [0.3, 0.4) is 0 Å². The Morgan fingerprint density at radius 1 is 1.04 bits per heavy atom. The SMILES string of the molecule is Cc1ccc(C)c(S(=O)(=O)NCc2ccc(C(=O)Nc3cccnc3)cc2)c1. The van der Waals surface area contributed by atoms with Gasteiger partial charge in [-0.1, -0.05) is 24.3 Å². The van der Waals surface area contributed by atoms with Crippen LogP contribution < -0.4 is 10.0 Å². The first-order valence-electron chi connectivity index (χ1n) is 8.72. The van der Waals surface area contributed by atoms with Crippen LogP contribution in [0.25, 0.3) is 0 Å². The molecule has 0 atom stereocenters. The van der Waals surface area contributed by atoms with E-state index < -0.39 is 10.0 Å². The molecule has 7 heteroatoms. The van der Waals surface area contributed by atoms with E-state index in [-0.39, 0.29) is 17.3 Å². The molecule has 2 N–H and O–H groups in total. The molecular formula is C21H21N3O3S. The fourth-order valence-corrected chi connectivity index (χ4v) is 4.01. The number of amides is 1. The number of nitrogens with one attached hydrogen (secondary N) is 2. The topological polar surface area (TPSA) is 88.2 Å². The molecule has 0 saturated carbocycles. The number of rotatable bonds is 6. The average molecular weight is 395 g/mol. The van der Waals surface area contributed by atoms with Gasteiger partial charge in [0.1, 0.15) is 0 Å². The zero-order chi connectivity index (χ0) is 20.1. The van der Waals surface area contributed by atoms with Crippen LogP contribution in [0, 0.1) is 13.8 Å². The molecule has 1 amide bonds. The van der Waals surface area contributed by atoms with Crippen molar-refractivity contribution < 1.29 is 13.2 Å². The highest BCUT2D eigenvalue weighted by atomic mass is 32.2. The number of pyridine rings is 1. The van der Waals surface area contributed by atoms with Gasteiger partial charge in [-0.3, -0.25) is 9.78 Å². The van der Waals surface area contributed by atoms with Crippen molar-refractivity contribution in [3.8, 4) is 0 Å². The van der Waals surface area contributed by atoms with E-state index in [9.17, 15) is 13.2 Å². The van der Waals surface area contributed by atoms with Gasteiger partial charge in [0.25, 0.3) is 5.91 Å². The Balaban J connectivity index is 1.66. The average Bonchev–Trinajstić information content (AvgIpc) is 2.69. The van der Waals surface area contributed by atoms with Gasteiger partial charge in [0, 0.05) is 18.3 Å². The van der Waals surface area contributed by atoms with Crippen LogP contribution >= 0.6 is 0 Å². The maximum absolute atomic E-state index is 12.6. The second kappa shape index (κ2) is 8.33. The highest BCUT2D eigenvalue weighted by Crippen LogP contribution is 2.17. The first kappa shape index (κ1) is 19.7. The first-order valence-corrected chi connectivity index (χ1v) is 10.2. The Kier molecular flexibility index (Phi) is 5.87. The minimum absolute atomic E-state index is 0.139. The van der Waals surface area contributed by atoms with Crippen LogP contribution in [0.4, 0.5) is 5.69 Å². The summed E-state index contributed by atoms with van der Waals surface area (Å²) in [6.07, 6.45) is 3.19. The molecule has 0 saturated heterocycles. The Morgan fingerprint density at radius 2 is 1.79 bits per heavy atom. The monoisotopic (exact) mass is 395 g/mol. The van der Waals surface area contributed by atoms with Crippen LogP contribution in [0.1, 0.15) is 27.0 Å². The third kappa shape index (κ3) is 4.82. The molecule has 3 rings (SSSR count). The van der Waals surface area contributed by atoms with Crippen molar-refractivity contribution in [2.24, 2.45) is 0 Å². The molecule has 0 aliphatic carbocycles. The van der Waals surface area contributed by atoms with Gasteiger partial charge < -0.3 is 5.32 Å². The summed E-state index contributed by atoms with van der Waals surface area (Å²) in [5.74, 6) is -0.254. The normalized spacial score (nSPS) is 11.2. The maximum Gasteiger partial charge on any atom is 0.255 e. The van der Waals surface area contributed by atoms with Crippen molar-refractivity contribution >= 4 is 21.6 Å². The van der Waals surface area contributed by atoms with Gasteiger partial charge in [-0.15, -0.1) is 0 Å². The van der Waals surface area contributed by atoms with E-state index in [1.807, 2.05) is 13.0 Å². The number of nitrogens with zero attached hydrogens (tertiary/aromatic N) is 1. The quantitative estimate of drug-likeness (QED) is 0.669. The second-order valence-corrected chi connectivity index (χ2v) is 8.22. The van der Waals surface area contributed by atoms with Crippen molar-refractivity contribution in [1.82, 2.24) is 9.71 Å². The lowest BCUT2D eigenvalue weighted by Crippen LogP contribution is -2.24. The molecule has 0 aliphatic heterocycles. The number of carbonyl (C=O) groups is 1. The summed E-state index contributed by atoms with van der Waals surface area (Å²) >= 11 is 0. The lowest BCUT2D eigenvalue weighted by molar-refractivity contribution is 0.102. The number of aryl methyl sites for hydroxylation is 2. The van der Waals surface area contributed by atoms with Crippen LogP contribution in [0.5, 0.6) is 0 Å². The molecule has 3 aromatic rings. The maximum atomic E-state index is 12.6. The van der Waals surface area contributed by atoms with Gasteiger partial charge in [-0.2, -0.15) is 0 Å². The van der Waals surface area contributed by atoms with Crippen molar-refractivity contribution in [1.29, 1.82) is 0 Å². The Morgan fingerprint density at radius 3 is 2.46 bits per heavy atom. The Bertz CT molecular complexity index is 1080. The van der Waals surface area contributed by atoms with Crippen molar-refractivity contribution in [2.45, 2.75) is 25.3 Å². The third-order valence-corrected chi connectivity index (χ3v) is 5.78. The van der Waals surface area contributed by atoms with Gasteiger partial charge in [-0.25, -0.2) is 13.1 Å². The van der Waals surface area contributed by atoms with Crippen LogP contribution in [-0.2, 0) is 16.6 Å². The molecule has 28 heavy (non-hydrogen) atoms. The molecule has 0 spiro atoms. The zero-order valence-electron chi connectivity index (χ0n) is 15.6. The standard InChI is InChI=1S/C21H21N3O3S/c1-15-5-6-16(2)20(12-15)28(26,27)23-13-17-7-9-18(10-8-17)21(25)24-19-4-3-11-22-14-19/h3-12,14,23H,13H2,1-2H3,(H,24,25). The highest BCUT2D eigenvalue weighted by molar-refractivity contribution is 7.89. The fourth-order valence-electron chi connectivity index (χ4n) is 2.67. The minimum atomic E-state index is -3.62. The molecule has 2 aromatic carbocycles. The molecule has 1 aromatic heterocycles. The van der Waals surface area contributed by atoms with Crippen LogP contribution in [0.2, 0.25) is 0 Å². The predicted octanol–water partition coefficient (Wildman–Crippen LogP) is 3.43. The molecular weight excluding hydrogens is 374 g/mol. The molecule has 0 unspecified atom stereocenters. The lowest BCUT2D eigenvalue weighted by atomic mass is 10.1. The van der Waals surface area contributed by atoms with Crippen molar-refractivity contribution in [3.05, 3.63) is 89.2 Å². The molecule has 144 valence electrons. The largest absolute Gasteiger partial charge is 0.321 e. The van der Waals surface area contributed by atoms with Crippen LogP contribution in [0.15, 0.2) is 71.9 Å². The summed E-state index contributed by atoms with van der Waals surface area (Å²) < 4.78 is 27.8. The van der Waals surface area contributed by atoms with Gasteiger partial charge >= 0.3 is 0 Å². The summed E-state index contributed by atoms with van der Waals surface area (Å²) in [5, 5.41) is 2.75. The molecule has 1 heterocycles. The Hall–Kier alpha value is -3.03. The molecule has 0 bridgehead atoms. The number of sulfonamides is 1. The van der Waals surface area contributed by atoms with Gasteiger partial charge in [0.05, 0.1) is 16.8 Å². The van der Waals surface area contributed by atoms with Gasteiger partial charge in [0.15, 0.2) is 0 Å².